The Kier molecular flexibility index (Phi) is 6.40. The van der Waals surface area contributed by atoms with Gasteiger partial charge in [-0.1, -0.05) is 18.7 Å². The van der Waals surface area contributed by atoms with Crippen LogP contribution in [0.25, 0.3) is 11.4 Å². The molecular weight excluding hydrogens is 355 g/mol. The summed E-state index contributed by atoms with van der Waals surface area (Å²) >= 11 is 0.926. The van der Waals surface area contributed by atoms with Gasteiger partial charge in [0.1, 0.15) is 6.54 Å². The molecule has 1 N–H and O–H groups in total. The highest BCUT2D eigenvalue weighted by atomic mass is 32.2. The van der Waals surface area contributed by atoms with Crippen molar-refractivity contribution < 1.29 is 18.0 Å². The topological polar surface area (TPSA) is 72.7 Å². The first-order chi connectivity index (χ1) is 11.8. The van der Waals surface area contributed by atoms with E-state index in [0.717, 1.165) is 22.7 Å². The maximum atomic E-state index is 12.9. The molecule has 0 aliphatic carbocycles. The number of hydrogen-bond acceptors (Lipinski definition) is 5. The highest BCUT2D eigenvalue weighted by molar-refractivity contribution is 7.99. The number of rotatable bonds is 7. The minimum absolute atomic E-state index is 0.00789. The summed E-state index contributed by atoms with van der Waals surface area (Å²) in [5, 5.41) is 10.5. The summed E-state index contributed by atoms with van der Waals surface area (Å²) in [6, 6.07) is 3.12. The lowest BCUT2D eigenvalue weighted by molar-refractivity contribution is -0.141. The summed E-state index contributed by atoms with van der Waals surface area (Å²) in [4.78, 5) is 15.7. The van der Waals surface area contributed by atoms with Crippen LogP contribution in [0, 0.1) is 0 Å². The molecule has 0 saturated carbocycles. The molecule has 2 rings (SSSR count). The first-order valence-electron chi connectivity index (χ1n) is 7.62. The van der Waals surface area contributed by atoms with Crippen molar-refractivity contribution in [2.24, 2.45) is 0 Å². The van der Waals surface area contributed by atoms with E-state index in [9.17, 15) is 18.0 Å². The molecule has 2 aromatic rings. The highest BCUT2D eigenvalue weighted by Gasteiger charge is 2.31. The third-order valence-electron chi connectivity index (χ3n) is 3.34. The number of thioether (sulfide) groups is 1. The molecule has 0 aliphatic heterocycles. The van der Waals surface area contributed by atoms with Crippen LogP contribution in [0.15, 0.2) is 29.7 Å². The van der Waals surface area contributed by atoms with E-state index in [4.69, 9.17) is 0 Å². The molecule has 0 saturated heterocycles. The summed E-state index contributed by atoms with van der Waals surface area (Å²) in [6.45, 7) is 2.56. The second kappa shape index (κ2) is 8.32. The van der Waals surface area contributed by atoms with E-state index in [0.29, 0.717) is 5.56 Å². The Bertz CT molecular complexity index is 705. The van der Waals surface area contributed by atoms with Gasteiger partial charge in [-0.3, -0.25) is 14.3 Å². The SMILES string of the molecule is CC[C@@H](C)NC(=O)CSc1nnc(-c2ccncc2)n1CC(F)(F)F. The van der Waals surface area contributed by atoms with E-state index in [1.165, 1.54) is 12.4 Å². The van der Waals surface area contributed by atoms with Gasteiger partial charge >= 0.3 is 6.18 Å². The molecule has 136 valence electrons. The monoisotopic (exact) mass is 373 g/mol. The van der Waals surface area contributed by atoms with E-state index >= 15 is 0 Å². The molecule has 25 heavy (non-hydrogen) atoms. The van der Waals surface area contributed by atoms with Crippen LogP contribution >= 0.6 is 11.8 Å². The predicted molar refractivity (Wildman–Crippen MR) is 87.9 cm³/mol. The molecule has 6 nitrogen and oxygen atoms in total. The Labute approximate surface area is 147 Å². The molecule has 0 aliphatic rings. The van der Waals surface area contributed by atoms with Crippen molar-refractivity contribution in [3.05, 3.63) is 24.5 Å². The standard InChI is InChI=1S/C15H18F3N5OS/c1-3-10(2)20-12(24)8-25-14-22-21-13(11-4-6-19-7-5-11)23(14)9-15(16,17)18/h4-7,10H,3,8-9H2,1-2H3,(H,20,24)/t10-/m1/s1. The first kappa shape index (κ1) is 19.2. The number of alkyl halides is 3. The van der Waals surface area contributed by atoms with Crippen molar-refractivity contribution in [3.63, 3.8) is 0 Å². The third-order valence-corrected chi connectivity index (χ3v) is 4.31. The second-order valence-electron chi connectivity index (χ2n) is 5.41. The quantitative estimate of drug-likeness (QED) is 0.756. The minimum Gasteiger partial charge on any atom is -0.353 e. The zero-order valence-electron chi connectivity index (χ0n) is 13.7. The fourth-order valence-electron chi connectivity index (χ4n) is 1.98. The minimum atomic E-state index is -4.43. The summed E-state index contributed by atoms with van der Waals surface area (Å²) < 4.78 is 39.8. The van der Waals surface area contributed by atoms with E-state index in [1.54, 1.807) is 12.1 Å². The molecule has 10 heteroatoms. The number of halogens is 3. The van der Waals surface area contributed by atoms with Crippen molar-refractivity contribution in [1.82, 2.24) is 25.1 Å². The van der Waals surface area contributed by atoms with Gasteiger partial charge in [0, 0.05) is 24.0 Å². The fourth-order valence-corrected chi connectivity index (χ4v) is 2.73. The molecule has 1 amide bonds. The Morgan fingerprint density at radius 2 is 2.00 bits per heavy atom. The van der Waals surface area contributed by atoms with Gasteiger partial charge in [0.25, 0.3) is 0 Å². The molecule has 0 unspecified atom stereocenters. The van der Waals surface area contributed by atoms with Crippen LogP contribution in [0.4, 0.5) is 13.2 Å². The Hall–Kier alpha value is -2.10. The molecule has 1 atom stereocenters. The molecular formula is C15H18F3N5OS. The molecule has 0 aromatic carbocycles. The summed E-state index contributed by atoms with van der Waals surface area (Å²) in [5.74, 6) is -0.202. The van der Waals surface area contributed by atoms with Gasteiger partial charge in [0.15, 0.2) is 11.0 Å². The van der Waals surface area contributed by atoms with E-state index in [-0.39, 0.29) is 28.7 Å². The molecule has 0 spiro atoms. The number of carbonyl (C=O) groups excluding carboxylic acids is 1. The molecule has 2 heterocycles. The fraction of sp³-hybridized carbons (Fsp3) is 0.467. The number of carbonyl (C=O) groups is 1. The van der Waals surface area contributed by atoms with Crippen LogP contribution in [0.5, 0.6) is 0 Å². The normalized spacial score (nSPS) is 12.8. The van der Waals surface area contributed by atoms with Crippen LogP contribution in [0.2, 0.25) is 0 Å². The number of aromatic nitrogens is 4. The smallest absolute Gasteiger partial charge is 0.353 e. The van der Waals surface area contributed by atoms with Crippen molar-refractivity contribution in [2.45, 2.75) is 44.2 Å². The van der Waals surface area contributed by atoms with Crippen molar-refractivity contribution in [1.29, 1.82) is 0 Å². The molecule has 0 bridgehead atoms. The Morgan fingerprint density at radius 3 is 2.60 bits per heavy atom. The number of pyridine rings is 1. The van der Waals surface area contributed by atoms with Gasteiger partial charge in [0.05, 0.1) is 5.75 Å². The molecule has 2 aromatic heterocycles. The maximum absolute atomic E-state index is 12.9. The van der Waals surface area contributed by atoms with Gasteiger partial charge < -0.3 is 5.32 Å². The largest absolute Gasteiger partial charge is 0.406 e. The second-order valence-corrected chi connectivity index (χ2v) is 6.35. The van der Waals surface area contributed by atoms with E-state index in [2.05, 4.69) is 20.5 Å². The van der Waals surface area contributed by atoms with Gasteiger partial charge in [0.2, 0.25) is 5.91 Å². The zero-order chi connectivity index (χ0) is 18.4. The Balaban J connectivity index is 2.20. The predicted octanol–water partition coefficient (Wildman–Crippen LogP) is 2.91. The van der Waals surface area contributed by atoms with Gasteiger partial charge in [-0.05, 0) is 25.5 Å². The summed E-state index contributed by atoms with van der Waals surface area (Å²) in [5.41, 5.74) is 0.475. The number of amides is 1. The Morgan fingerprint density at radius 1 is 1.32 bits per heavy atom. The van der Waals surface area contributed by atoms with E-state index in [1.807, 2.05) is 13.8 Å². The molecule has 0 radical (unpaired) electrons. The first-order valence-corrected chi connectivity index (χ1v) is 8.61. The number of nitrogens with one attached hydrogen (secondary N) is 1. The van der Waals surface area contributed by atoms with Crippen molar-refractivity contribution in [2.75, 3.05) is 5.75 Å². The average molecular weight is 373 g/mol. The number of nitrogens with zero attached hydrogens (tertiary/aromatic N) is 4. The zero-order valence-corrected chi connectivity index (χ0v) is 14.6. The highest BCUT2D eigenvalue weighted by Crippen LogP contribution is 2.28. The van der Waals surface area contributed by atoms with Gasteiger partial charge in [-0.25, -0.2) is 0 Å². The third kappa shape index (κ3) is 5.73. The van der Waals surface area contributed by atoms with Gasteiger partial charge in [-0.15, -0.1) is 10.2 Å². The van der Waals surface area contributed by atoms with Crippen LogP contribution in [0.1, 0.15) is 20.3 Å². The summed E-state index contributed by atoms with van der Waals surface area (Å²) in [7, 11) is 0. The van der Waals surface area contributed by atoms with Gasteiger partial charge in [-0.2, -0.15) is 13.2 Å². The van der Waals surface area contributed by atoms with Crippen LogP contribution in [-0.4, -0.2) is 43.6 Å². The van der Waals surface area contributed by atoms with E-state index < -0.39 is 12.7 Å². The lowest BCUT2D eigenvalue weighted by Gasteiger charge is -2.13. The van der Waals surface area contributed by atoms with Crippen molar-refractivity contribution >= 4 is 17.7 Å². The lowest BCUT2D eigenvalue weighted by Crippen LogP contribution is -2.33. The maximum Gasteiger partial charge on any atom is 0.406 e. The average Bonchev–Trinajstić information content (AvgIpc) is 2.94. The lowest BCUT2D eigenvalue weighted by atomic mass is 10.2. The van der Waals surface area contributed by atoms with Crippen molar-refractivity contribution in [3.8, 4) is 11.4 Å². The van der Waals surface area contributed by atoms with Crippen LogP contribution in [0.3, 0.4) is 0 Å². The number of hydrogen-bond donors (Lipinski definition) is 1. The van der Waals surface area contributed by atoms with Crippen LogP contribution in [-0.2, 0) is 11.3 Å². The molecule has 0 fully saturated rings. The summed E-state index contributed by atoms with van der Waals surface area (Å²) in [6.07, 6.45) is -0.728. The van der Waals surface area contributed by atoms with Crippen LogP contribution < -0.4 is 5.32 Å².